The number of ether oxygens (including phenoxy) is 1. The van der Waals surface area contributed by atoms with E-state index in [1.165, 1.54) is 5.56 Å². The SMILES string of the molecule is COc1ccccc1C(NCc1csc(-c2ccc(C)cc2)n1)c1nccn1C. The first kappa shape index (κ1) is 19.4. The zero-order valence-corrected chi connectivity index (χ0v) is 17.6. The minimum absolute atomic E-state index is 0.101. The van der Waals surface area contributed by atoms with Crippen LogP contribution in [0, 0.1) is 6.92 Å². The first-order valence-electron chi connectivity index (χ1n) is 9.50. The molecular weight excluding hydrogens is 380 g/mol. The molecule has 0 saturated heterocycles. The van der Waals surface area contributed by atoms with E-state index in [0.717, 1.165) is 33.4 Å². The Morgan fingerprint density at radius 2 is 1.93 bits per heavy atom. The van der Waals surface area contributed by atoms with Gasteiger partial charge in [0.15, 0.2) is 0 Å². The number of aryl methyl sites for hydroxylation is 2. The normalized spacial score (nSPS) is 12.1. The lowest BCUT2D eigenvalue weighted by Crippen LogP contribution is -2.25. The zero-order chi connectivity index (χ0) is 20.2. The van der Waals surface area contributed by atoms with Crippen molar-refractivity contribution in [2.75, 3.05) is 7.11 Å². The third kappa shape index (κ3) is 4.23. The molecule has 2 heterocycles. The Kier molecular flexibility index (Phi) is 5.74. The average molecular weight is 405 g/mol. The van der Waals surface area contributed by atoms with E-state index in [-0.39, 0.29) is 6.04 Å². The summed E-state index contributed by atoms with van der Waals surface area (Å²) in [6.07, 6.45) is 3.77. The van der Waals surface area contributed by atoms with Crippen molar-refractivity contribution < 1.29 is 4.74 Å². The van der Waals surface area contributed by atoms with Crippen LogP contribution in [0.1, 0.15) is 28.7 Å². The fourth-order valence-corrected chi connectivity index (χ4v) is 4.15. The number of imidazole rings is 1. The Hall–Kier alpha value is -2.96. The van der Waals surface area contributed by atoms with Crippen LogP contribution < -0.4 is 10.1 Å². The largest absolute Gasteiger partial charge is 0.496 e. The van der Waals surface area contributed by atoms with Gasteiger partial charge < -0.3 is 9.30 Å². The Bertz CT molecular complexity index is 1080. The van der Waals surface area contributed by atoms with Gasteiger partial charge in [-0.2, -0.15) is 0 Å². The molecule has 2 aromatic carbocycles. The Balaban J connectivity index is 1.58. The summed E-state index contributed by atoms with van der Waals surface area (Å²) in [6, 6.07) is 16.4. The molecule has 0 aliphatic carbocycles. The van der Waals surface area contributed by atoms with Gasteiger partial charge in [-0.05, 0) is 13.0 Å². The standard InChI is InChI=1S/C23H24N4OS/c1-16-8-10-17(11-9-16)23-26-18(15-29-23)14-25-21(22-24-12-13-27(22)2)19-6-4-5-7-20(19)28-3/h4-13,15,21,25H,14H2,1-3H3. The number of nitrogens with zero attached hydrogens (tertiary/aromatic N) is 3. The summed E-state index contributed by atoms with van der Waals surface area (Å²) in [5, 5.41) is 6.77. The van der Waals surface area contributed by atoms with Crippen LogP contribution in [0.5, 0.6) is 5.75 Å². The van der Waals surface area contributed by atoms with Gasteiger partial charge in [0, 0.05) is 42.5 Å². The molecule has 148 valence electrons. The van der Waals surface area contributed by atoms with Crippen LogP contribution in [0.25, 0.3) is 10.6 Å². The predicted octanol–water partition coefficient (Wildman–Crippen LogP) is 4.74. The van der Waals surface area contributed by atoms with Gasteiger partial charge in [0.2, 0.25) is 0 Å². The van der Waals surface area contributed by atoms with Crippen LogP contribution in [0.4, 0.5) is 0 Å². The highest BCUT2D eigenvalue weighted by molar-refractivity contribution is 7.13. The van der Waals surface area contributed by atoms with Crippen molar-refractivity contribution in [3.8, 4) is 16.3 Å². The number of rotatable bonds is 7. The molecule has 0 fully saturated rings. The lowest BCUT2D eigenvalue weighted by molar-refractivity contribution is 0.401. The molecular formula is C23H24N4OS. The number of hydrogen-bond acceptors (Lipinski definition) is 5. The van der Waals surface area contributed by atoms with Gasteiger partial charge in [-0.3, -0.25) is 5.32 Å². The van der Waals surface area contributed by atoms with Gasteiger partial charge in [0.05, 0.1) is 18.8 Å². The first-order chi connectivity index (χ1) is 14.2. The zero-order valence-electron chi connectivity index (χ0n) is 16.8. The van der Waals surface area contributed by atoms with Crippen molar-refractivity contribution >= 4 is 11.3 Å². The fraction of sp³-hybridized carbons (Fsp3) is 0.217. The second kappa shape index (κ2) is 8.59. The molecule has 1 N–H and O–H groups in total. The quantitative estimate of drug-likeness (QED) is 0.483. The van der Waals surface area contributed by atoms with E-state index in [1.54, 1.807) is 18.4 Å². The summed E-state index contributed by atoms with van der Waals surface area (Å²) in [7, 11) is 3.70. The van der Waals surface area contributed by atoms with E-state index in [4.69, 9.17) is 9.72 Å². The number of aromatic nitrogens is 3. The summed E-state index contributed by atoms with van der Waals surface area (Å²) in [5.41, 5.74) is 4.47. The Morgan fingerprint density at radius 1 is 1.14 bits per heavy atom. The summed E-state index contributed by atoms with van der Waals surface area (Å²) in [6.45, 7) is 2.73. The van der Waals surface area contributed by atoms with Crippen LogP contribution in [0.2, 0.25) is 0 Å². The van der Waals surface area contributed by atoms with Crippen LogP contribution in [0.15, 0.2) is 66.3 Å². The summed E-state index contributed by atoms with van der Waals surface area (Å²) < 4.78 is 7.63. The molecule has 1 atom stereocenters. The van der Waals surface area contributed by atoms with Crippen LogP contribution >= 0.6 is 11.3 Å². The second-order valence-electron chi connectivity index (χ2n) is 6.96. The number of nitrogens with one attached hydrogen (secondary N) is 1. The van der Waals surface area contributed by atoms with E-state index in [9.17, 15) is 0 Å². The fourth-order valence-electron chi connectivity index (χ4n) is 3.32. The van der Waals surface area contributed by atoms with Crippen molar-refractivity contribution in [2.45, 2.75) is 19.5 Å². The molecule has 0 saturated carbocycles. The number of para-hydroxylation sites is 1. The highest BCUT2D eigenvalue weighted by atomic mass is 32.1. The molecule has 0 aliphatic rings. The van der Waals surface area contributed by atoms with E-state index >= 15 is 0 Å². The van der Waals surface area contributed by atoms with Gasteiger partial charge in [0.1, 0.15) is 16.6 Å². The first-order valence-corrected chi connectivity index (χ1v) is 10.4. The van der Waals surface area contributed by atoms with Crippen molar-refractivity contribution in [2.24, 2.45) is 7.05 Å². The topological polar surface area (TPSA) is 52.0 Å². The van der Waals surface area contributed by atoms with Crippen molar-refractivity contribution in [1.29, 1.82) is 0 Å². The molecule has 1 unspecified atom stereocenters. The van der Waals surface area contributed by atoms with Gasteiger partial charge in [-0.15, -0.1) is 11.3 Å². The van der Waals surface area contributed by atoms with E-state index in [1.807, 2.05) is 42.2 Å². The molecule has 29 heavy (non-hydrogen) atoms. The number of hydrogen-bond donors (Lipinski definition) is 1. The van der Waals surface area contributed by atoms with Crippen molar-refractivity contribution in [3.63, 3.8) is 0 Å². The molecule has 4 rings (SSSR count). The number of benzene rings is 2. The van der Waals surface area contributed by atoms with Crippen molar-refractivity contribution in [1.82, 2.24) is 19.9 Å². The van der Waals surface area contributed by atoms with E-state index in [0.29, 0.717) is 6.54 Å². The molecule has 4 aromatic rings. The Morgan fingerprint density at radius 3 is 2.66 bits per heavy atom. The highest BCUT2D eigenvalue weighted by Crippen LogP contribution is 2.30. The predicted molar refractivity (Wildman–Crippen MR) is 117 cm³/mol. The molecule has 0 spiro atoms. The van der Waals surface area contributed by atoms with Gasteiger partial charge in [-0.1, -0.05) is 48.0 Å². The summed E-state index contributed by atoms with van der Waals surface area (Å²) >= 11 is 1.67. The molecule has 6 heteroatoms. The van der Waals surface area contributed by atoms with E-state index in [2.05, 4.69) is 52.9 Å². The van der Waals surface area contributed by atoms with Crippen LogP contribution in [0.3, 0.4) is 0 Å². The third-order valence-corrected chi connectivity index (χ3v) is 5.84. The lowest BCUT2D eigenvalue weighted by Gasteiger charge is -2.21. The van der Waals surface area contributed by atoms with Crippen LogP contribution in [-0.2, 0) is 13.6 Å². The van der Waals surface area contributed by atoms with E-state index < -0.39 is 0 Å². The maximum Gasteiger partial charge on any atom is 0.130 e. The minimum atomic E-state index is -0.101. The number of thiazole rings is 1. The van der Waals surface area contributed by atoms with Gasteiger partial charge in [0.25, 0.3) is 0 Å². The molecule has 0 amide bonds. The summed E-state index contributed by atoms with van der Waals surface area (Å²) in [5.74, 6) is 1.77. The maximum atomic E-state index is 5.60. The molecule has 2 aromatic heterocycles. The monoisotopic (exact) mass is 404 g/mol. The molecule has 5 nitrogen and oxygen atoms in total. The minimum Gasteiger partial charge on any atom is -0.496 e. The lowest BCUT2D eigenvalue weighted by atomic mass is 10.0. The summed E-state index contributed by atoms with van der Waals surface area (Å²) in [4.78, 5) is 9.39. The molecule has 0 radical (unpaired) electrons. The highest BCUT2D eigenvalue weighted by Gasteiger charge is 2.21. The maximum absolute atomic E-state index is 5.60. The number of methoxy groups -OCH3 is 1. The van der Waals surface area contributed by atoms with Crippen molar-refractivity contribution in [3.05, 3.63) is 88.9 Å². The average Bonchev–Trinajstić information content (AvgIpc) is 3.39. The molecule has 0 bridgehead atoms. The Labute approximate surface area is 175 Å². The second-order valence-corrected chi connectivity index (χ2v) is 7.82. The van der Waals surface area contributed by atoms with Crippen LogP contribution in [-0.4, -0.2) is 21.6 Å². The molecule has 0 aliphatic heterocycles. The van der Waals surface area contributed by atoms with Gasteiger partial charge >= 0.3 is 0 Å². The third-order valence-electron chi connectivity index (χ3n) is 4.90. The smallest absolute Gasteiger partial charge is 0.130 e. The van der Waals surface area contributed by atoms with Gasteiger partial charge in [-0.25, -0.2) is 9.97 Å².